The zero-order chi connectivity index (χ0) is 16.9. The van der Waals surface area contributed by atoms with E-state index < -0.39 is 0 Å². The van der Waals surface area contributed by atoms with Gasteiger partial charge in [-0.2, -0.15) is 0 Å². The number of fused-ring (bicyclic) bond motifs is 1. The van der Waals surface area contributed by atoms with E-state index in [4.69, 9.17) is 4.74 Å². The summed E-state index contributed by atoms with van der Waals surface area (Å²) >= 11 is 3.45. The monoisotopic (exact) mass is 384 g/mol. The van der Waals surface area contributed by atoms with Crippen molar-refractivity contribution >= 4 is 32.6 Å². The molecule has 0 saturated heterocycles. The molecule has 1 aromatic heterocycles. The van der Waals surface area contributed by atoms with E-state index in [1.54, 1.807) is 12.4 Å². The molecule has 3 rings (SSSR count). The Morgan fingerprint density at radius 2 is 1.83 bits per heavy atom. The average Bonchev–Trinajstić information content (AvgIpc) is 2.60. The lowest BCUT2D eigenvalue weighted by molar-refractivity contribution is -0.123. The summed E-state index contributed by atoms with van der Waals surface area (Å²) in [5.41, 5.74) is 1.01. The van der Waals surface area contributed by atoms with Gasteiger partial charge in [0, 0.05) is 16.9 Å². The third-order valence-electron chi connectivity index (χ3n) is 3.73. The Balaban J connectivity index is 1.59. The van der Waals surface area contributed by atoms with Crippen LogP contribution in [0.3, 0.4) is 0 Å². The number of hydrogen-bond donors (Lipinski definition) is 1. The minimum absolute atomic E-state index is 0.0164. The fourth-order valence-corrected chi connectivity index (χ4v) is 2.83. The Bertz CT molecular complexity index is 852. The first-order valence-electron chi connectivity index (χ1n) is 7.63. The summed E-state index contributed by atoms with van der Waals surface area (Å²) < 4.78 is 6.64. The number of amides is 1. The van der Waals surface area contributed by atoms with E-state index in [0.717, 1.165) is 20.8 Å². The largest absolute Gasteiger partial charge is 0.484 e. The topological polar surface area (TPSA) is 51.2 Å². The van der Waals surface area contributed by atoms with Crippen molar-refractivity contribution in [1.29, 1.82) is 0 Å². The second-order valence-electron chi connectivity index (χ2n) is 5.51. The van der Waals surface area contributed by atoms with E-state index in [2.05, 4.69) is 26.2 Å². The first-order valence-corrected chi connectivity index (χ1v) is 8.42. The molecule has 0 spiro atoms. The van der Waals surface area contributed by atoms with Crippen molar-refractivity contribution in [2.24, 2.45) is 0 Å². The number of hydrogen-bond acceptors (Lipinski definition) is 3. The molecule has 24 heavy (non-hydrogen) atoms. The van der Waals surface area contributed by atoms with Crippen LogP contribution >= 0.6 is 15.9 Å². The molecule has 2 aromatic carbocycles. The van der Waals surface area contributed by atoms with Crippen LogP contribution in [0.15, 0.2) is 65.4 Å². The van der Waals surface area contributed by atoms with Gasteiger partial charge in [-0.25, -0.2) is 0 Å². The van der Waals surface area contributed by atoms with Gasteiger partial charge in [0.2, 0.25) is 0 Å². The van der Waals surface area contributed by atoms with E-state index in [0.29, 0.717) is 5.75 Å². The highest BCUT2D eigenvalue weighted by Gasteiger charge is 2.10. The molecule has 4 nitrogen and oxygen atoms in total. The standard InChI is InChI=1S/C19H17BrN2O2/c1-13(14-6-8-21-9-7-14)22-19(23)12-24-18-5-3-15-10-17(20)4-2-16(15)11-18/h2-11,13H,12H2,1H3,(H,22,23)/t13-/m1/s1. The maximum Gasteiger partial charge on any atom is 0.258 e. The number of halogens is 1. The van der Waals surface area contributed by atoms with Crippen LogP contribution in [0.25, 0.3) is 10.8 Å². The highest BCUT2D eigenvalue weighted by Crippen LogP contribution is 2.24. The van der Waals surface area contributed by atoms with Gasteiger partial charge in [-0.15, -0.1) is 0 Å². The molecule has 1 N–H and O–H groups in total. The maximum absolute atomic E-state index is 12.1. The number of aromatic nitrogens is 1. The molecule has 5 heteroatoms. The second kappa shape index (κ2) is 7.45. The van der Waals surface area contributed by atoms with E-state index in [1.807, 2.05) is 55.5 Å². The molecule has 0 aliphatic heterocycles. The van der Waals surface area contributed by atoms with Gasteiger partial charge in [-0.1, -0.05) is 28.1 Å². The summed E-state index contributed by atoms with van der Waals surface area (Å²) in [4.78, 5) is 16.0. The summed E-state index contributed by atoms with van der Waals surface area (Å²) in [5.74, 6) is 0.520. The van der Waals surface area contributed by atoms with Crippen LogP contribution in [0.1, 0.15) is 18.5 Å². The Hall–Kier alpha value is -2.40. The van der Waals surface area contributed by atoms with Crippen LogP contribution in [0.4, 0.5) is 0 Å². The van der Waals surface area contributed by atoms with E-state index in [1.165, 1.54) is 0 Å². The zero-order valence-corrected chi connectivity index (χ0v) is 14.8. The van der Waals surface area contributed by atoms with Crippen molar-refractivity contribution in [3.63, 3.8) is 0 Å². The van der Waals surface area contributed by atoms with Crippen LogP contribution in [-0.4, -0.2) is 17.5 Å². The van der Waals surface area contributed by atoms with Gasteiger partial charge < -0.3 is 10.1 Å². The van der Waals surface area contributed by atoms with Gasteiger partial charge in [-0.05, 0) is 59.7 Å². The Labute approximate surface area is 149 Å². The molecule has 0 fully saturated rings. The average molecular weight is 385 g/mol. The van der Waals surface area contributed by atoms with Gasteiger partial charge in [-0.3, -0.25) is 9.78 Å². The lowest BCUT2D eigenvalue weighted by atomic mass is 10.1. The van der Waals surface area contributed by atoms with Crippen molar-refractivity contribution in [3.05, 3.63) is 71.0 Å². The van der Waals surface area contributed by atoms with Crippen LogP contribution in [0, 0.1) is 0 Å². The maximum atomic E-state index is 12.1. The Morgan fingerprint density at radius 1 is 1.12 bits per heavy atom. The Morgan fingerprint density at radius 3 is 2.62 bits per heavy atom. The van der Waals surface area contributed by atoms with Gasteiger partial charge in [0.1, 0.15) is 5.75 Å². The molecule has 1 atom stereocenters. The molecule has 1 amide bonds. The van der Waals surface area contributed by atoms with Gasteiger partial charge in [0.25, 0.3) is 5.91 Å². The number of nitrogens with zero attached hydrogens (tertiary/aromatic N) is 1. The van der Waals surface area contributed by atoms with Crippen molar-refractivity contribution in [3.8, 4) is 5.75 Å². The van der Waals surface area contributed by atoms with Crippen molar-refractivity contribution in [2.45, 2.75) is 13.0 Å². The number of carbonyl (C=O) groups excluding carboxylic acids is 1. The number of rotatable bonds is 5. The predicted molar refractivity (Wildman–Crippen MR) is 97.9 cm³/mol. The first-order chi connectivity index (χ1) is 11.6. The fraction of sp³-hybridized carbons (Fsp3) is 0.158. The van der Waals surface area contributed by atoms with Crippen LogP contribution < -0.4 is 10.1 Å². The molecule has 0 aliphatic rings. The van der Waals surface area contributed by atoms with E-state index in [9.17, 15) is 4.79 Å². The third kappa shape index (κ3) is 4.11. The minimum Gasteiger partial charge on any atom is -0.484 e. The summed E-state index contributed by atoms with van der Waals surface area (Å²) in [7, 11) is 0. The molecular formula is C19H17BrN2O2. The fourth-order valence-electron chi connectivity index (χ4n) is 2.45. The zero-order valence-electron chi connectivity index (χ0n) is 13.2. The summed E-state index contributed by atoms with van der Waals surface area (Å²) in [6, 6.07) is 15.5. The normalized spacial score (nSPS) is 11.9. The molecule has 0 saturated carbocycles. The number of benzene rings is 2. The molecule has 122 valence electrons. The van der Waals surface area contributed by atoms with E-state index >= 15 is 0 Å². The van der Waals surface area contributed by atoms with Crippen LogP contribution in [0.2, 0.25) is 0 Å². The molecule has 1 heterocycles. The van der Waals surface area contributed by atoms with Gasteiger partial charge >= 0.3 is 0 Å². The lowest BCUT2D eigenvalue weighted by Crippen LogP contribution is -2.31. The molecule has 0 unspecified atom stereocenters. The SMILES string of the molecule is C[C@@H](NC(=O)COc1ccc2cc(Br)ccc2c1)c1ccncc1. The number of carbonyl (C=O) groups is 1. The van der Waals surface area contributed by atoms with Crippen LogP contribution in [0.5, 0.6) is 5.75 Å². The van der Waals surface area contributed by atoms with Gasteiger partial charge in [0.15, 0.2) is 6.61 Å². The van der Waals surface area contributed by atoms with Crippen molar-refractivity contribution in [1.82, 2.24) is 10.3 Å². The minimum atomic E-state index is -0.157. The quantitative estimate of drug-likeness (QED) is 0.714. The molecule has 0 aliphatic carbocycles. The first kappa shape index (κ1) is 16.5. The third-order valence-corrected chi connectivity index (χ3v) is 4.22. The van der Waals surface area contributed by atoms with E-state index in [-0.39, 0.29) is 18.6 Å². The predicted octanol–water partition coefficient (Wildman–Crippen LogP) is 4.25. The smallest absolute Gasteiger partial charge is 0.258 e. The highest BCUT2D eigenvalue weighted by molar-refractivity contribution is 9.10. The van der Waals surface area contributed by atoms with Crippen molar-refractivity contribution < 1.29 is 9.53 Å². The molecule has 0 radical (unpaired) electrons. The number of pyridine rings is 1. The second-order valence-corrected chi connectivity index (χ2v) is 6.43. The number of nitrogens with one attached hydrogen (secondary N) is 1. The lowest BCUT2D eigenvalue weighted by Gasteiger charge is -2.14. The van der Waals surface area contributed by atoms with Crippen LogP contribution in [-0.2, 0) is 4.79 Å². The van der Waals surface area contributed by atoms with Crippen molar-refractivity contribution in [2.75, 3.05) is 6.61 Å². The molecule has 3 aromatic rings. The summed E-state index contributed by atoms with van der Waals surface area (Å²) in [6.07, 6.45) is 3.42. The van der Waals surface area contributed by atoms with Gasteiger partial charge in [0.05, 0.1) is 6.04 Å². The number of ether oxygens (including phenoxy) is 1. The molecular weight excluding hydrogens is 368 g/mol. The molecule has 0 bridgehead atoms. The summed E-state index contributed by atoms with van der Waals surface area (Å²) in [6.45, 7) is 1.92. The summed E-state index contributed by atoms with van der Waals surface area (Å²) in [5, 5.41) is 5.10. The Kier molecular flexibility index (Phi) is 5.11. The highest BCUT2D eigenvalue weighted by atomic mass is 79.9.